The van der Waals surface area contributed by atoms with Crippen molar-refractivity contribution in [2.75, 3.05) is 13.7 Å². The summed E-state index contributed by atoms with van der Waals surface area (Å²) in [5.41, 5.74) is 5.15. The first-order valence-corrected chi connectivity index (χ1v) is 6.57. The fourth-order valence-electron chi connectivity index (χ4n) is 2.35. The number of amides is 1. The molecule has 0 radical (unpaired) electrons. The van der Waals surface area contributed by atoms with E-state index in [-0.39, 0.29) is 11.9 Å². The summed E-state index contributed by atoms with van der Waals surface area (Å²) >= 11 is 5.08. The molecule has 98 valence electrons. The second-order valence-electron chi connectivity index (χ2n) is 4.69. The van der Waals surface area contributed by atoms with E-state index in [9.17, 15) is 4.79 Å². The van der Waals surface area contributed by atoms with Gasteiger partial charge in [-0.3, -0.25) is 4.79 Å². The minimum atomic E-state index is -0.615. The summed E-state index contributed by atoms with van der Waals surface area (Å²) in [6, 6.07) is 0.0410. The van der Waals surface area contributed by atoms with Crippen molar-refractivity contribution in [3.05, 3.63) is 0 Å². The Morgan fingerprint density at radius 2 is 2.12 bits per heavy atom. The number of ether oxygens (including phenoxy) is 1. The Hall–Kier alpha value is -0.680. The molecule has 0 heterocycles. The SMILES string of the molecule is CCC(COC)NC(=O)C1(C(N)=S)CCCC1. The molecule has 17 heavy (non-hydrogen) atoms. The lowest BCUT2D eigenvalue weighted by Crippen LogP contribution is -2.51. The highest BCUT2D eigenvalue weighted by molar-refractivity contribution is 7.80. The van der Waals surface area contributed by atoms with E-state index >= 15 is 0 Å². The minimum Gasteiger partial charge on any atom is -0.392 e. The molecule has 3 N–H and O–H groups in total. The number of nitrogens with one attached hydrogen (secondary N) is 1. The van der Waals surface area contributed by atoms with E-state index in [1.165, 1.54) is 0 Å². The molecule has 1 fully saturated rings. The maximum Gasteiger partial charge on any atom is 0.233 e. The average Bonchev–Trinajstić information content (AvgIpc) is 2.78. The van der Waals surface area contributed by atoms with Crippen LogP contribution in [-0.4, -0.2) is 30.7 Å². The van der Waals surface area contributed by atoms with Crippen molar-refractivity contribution < 1.29 is 9.53 Å². The van der Waals surface area contributed by atoms with Crippen LogP contribution in [0.3, 0.4) is 0 Å². The molecule has 0 bridgehead atoms. The van der Waals surface area contributed by atoms with Crippen LogP contribution in [0.4, 0.5) is 0 Å². The molecular formula is C12H22N2O2S. The van der Waals surface area contributed by atoms with E-state index in [2.05, 4.69) is 5.32 Å². The lowest BCUT2D eigenvalue weighted by atomic mass is 9.84. The molecule has 1 amide bonds. The number of hydrogen-bond donors (Lipinski definition) is 2. The molecule has 1 aliphatic rings. The fourth-order valence-corrected chi connectivity index (χ4v) is 2.65. The standard InChI is InChI=1S/C12H22N2O2S/c1-3-9(8-16-2)14-11(15)12(10(13)17)6-4-5-7-12/h9H,3-8H2,1-2H3,(H2,13,17)(H,14,15). The van der Waals surface area contributed by atoms with Gasteiger partial charge in [-0.25, -0.2) is 0 Å². The Labute approximate surface area is 108 Å². The summed E-state index contributed by atoms with van der Waals surface area (Å²) < 4.78 is 5.07. The molecule has 1 atom stereocenters. The molecule has 0 aliphatic heterocycles. The third-order valence-electron chi connectivity index (χ3n) is 3.56. The zero-order chi connectivity index (χ0) is 12.9. The number of nitrogens with two attached hydrogens (primary N) is 1. The van der Waals surface area contributed by atoms with Gasteiger partial charge in [-0.05, 0) is 19.3 Å². The predicted molar refractivity (Wildman–Crippen MR) is 71.8 cm³/mol. The average molecular weight is 258 g/mol. The minimum absolute atomic E-state index is 0.0219. The summed E-state index contributed by atoms with van der Waals surface area (Å²) in [7, 11) is 1.63. The van der Waals surface area contributed by atoms with Crippen molar-refractivity contribution in [3.8, 4) is 0 Å². The van der Waals surface area contributed by atoms with Gasteiger partial charge in [0.1, 0.15) is 0 Å². The van der Waals surface area contributed by atoms with Crippen molar-refractivity contribution in [1.82, 2.24) is 5.32 Å². The smallest absolute Gasteiger partial charge is 0.233 e. The maximum atomic E-state index is 12.3. The van der Waals surface area contributed by atoms with Gasteiger partial charge < -0.3 is 15.8 Å². The third kappa shape index (κ3) is 3.16. The molecule has 0 aromatic heterocycles. The molecule has 0 spiro atoms. The maximum absolute atomic E-state index is 12.3. The largest absolute Gasteiger partial charge is 0.392 e. The summed E-state index contributed by atoms with van der Waals surface area (Å²) in [5, 5.41) is 3.00. The van der Waals surface area contributed by atoms with Gasteiger partial charge in [0.25, 0.3) is 0 Å². The topological polar surface area (TPSA) is 64.3 Å². The van der Waals surface area contributed by atoms with E-state index in [4.69, 9.17) is 22.7 Å². The molecule has 0 saturated heterocycles. The lowest BCUT2D eigenvalue weighted by Gasteiger charge is -2.28. The first-order valence-electron chi connectivity index (χ1n) is 6.16. The van der Waals surface area contributed by atoms with Crippen LogP contribution in [0.2, 0.25) is 0 Å². The molecule has 1 saturated carbocycles. The van der Waals surface area contributed by atoms with Gasteiger partial charge in [0.15, 0.2) is 0 Å². The van der Waals surface area contributed by atoms with Crippen LogP contribution in [0.5, 0.6) is 0 Å². The Bertz CT molecular complexity index is 288. The molecule has 4 nitrogen and oxygen atoms in total. The first kappa shape index (κ1) is 14.4. The number of thiocarbonyl (C=S) groups is 1. The van der Waals surface area contributed by atoms with E-state index in [1.54, 1.807) is 7.11 Å². The normalized spacial score (nSPS) is 19.9. The number of carbonyl (C=O) groups excluding carboxylic acids is 1. The zero-order valence-corrected chi connectivity index (χ0v) is 11.4. The van der Waals surface area contributed by atoms with Gasteiger partial charge in [0.05, 0.1) is 23.1 Å². The Balaban J connectivity index is 2.69. The molecule has 1 aliphatic carbocycles. The molecule has 0 aromatic rings. The van der Waals surface area contributed by atoms with Crippen LogP contribution < -0.4 is 11.1 Å². The van der Waals surface area contributed by atoms with Crippen LogP contribution in [0, 0.1) is 5.41 Å². The summed E-state index contributed by atoms with van der Waals surface area (Å²) in [6.07, 6.45) is 4.43. The van der Waals surface area contributed by atoms with Crippen LogP contribution in [-0.2, 0) is 9.53 Å². The van der Waals surface area contributed by atoms with Gasteiger partial charge >= 0.3 is 0 Å². The summed E-state index contributed by atoms with van der Waals surface area (Å²) in [6.45, 7) is 2.54. The second-order valence-corrected chi connectivity index (χ2v) is 5.13. The number of hydrogen-bond acceptors (Lipinski definition) is 3. The van der Waals surface area contributed by atoms with Gasteiger partial charge in [0, 0.05) is 7.11 Å². The van der Waals surface area contributed by atoms with Crippen LogP contribution >= 0.6 is 12.2 Å². The molecule has 1 unspecified atom stereocenters. The highest BCUT2D eigenvalue weighted by Gasteiger charge is 2.44. The van der Waals surface area contributed by atoms with Crippen LogP contribution in [0.1, 0.15) is 39.0 Å². The van der Waals surface area contributed by atoms with Crippen molar-refractivity contribution in [3.63, 3.8) is 0 Å². The van der Waals surface area contributed by atoms with Crippen molar-refractivity contribution in [1.29, 1.82) is 0 Å². The molecule has 0 aromatic carbocycles. The van der Waals surface area contributed by atoms with Crippen molar-refractivity contribution in [2.24, 2.45) is 11.1 Å². The van der Waals surface area contributed by atoms with Crippen LogP contribution in [0.15, 0.2) is 0 Å². The van der Waals surface area contributed by atoms with E-state index < -0.39 is 5.41 Å². The van der Waals surface area contributed by atoms with Gasteiger partial charge in [-0.1, -0.05) is 32.0 Å². The predicted octanol–water partition coefficient (Wildman–Crippen LogP) is 1.37. The second kappa shape index (κ2) is 6.31. The summed E-state index contributed by atoms with van der Waals surface area (Å²) in [4.78, 5) is 12.7. The quantitative estimate of drug-likeness (QED) is 0.706. The number of methoxy groups -OCH3 is 1. The Morgan fingerprint density at radius 3 is 2.53 bits per heavy atom. The van der Waals surface area contributed by atoms with Gasteiger partial charge in [0.2, 0.25) is 5.91 Å². The van der Waals surface area contributed by atoms with Gasteiger partial charge in [-0.2, -0.15) is 0 Å². The fraction of sp³-hybridized carbons (Fsp3) is 0.833. The Kier molecular flexibility index (Phi) is 5.33. The number of carbonyl (C=O) groups is 1. The first-order chi connectivity index (χ1) is 8.06. The monoisotopic (exact) mass is 258 g/mol. The highest BCUT2D eigenvalue weighted by Crippen LogP contribution is 2.38. The molecule has 1 rings (SSSR count). The van der Waals surface area contributed by atoms with Gasteiger partial charge in [-0.15, -0.1) is 0 Å². The molecule has 5 heteroatoms. The number of rotatable bonds is 6. The molecular weight excluding hydrogens is 236 g/mol. The van der Waals surface area contributed by atoms with E-state index in [0.29, 0.717) is 11.6 Å². The van der Waals surface area contributed by atoms with Crippen molar-refractivity contribution in [2.45, 2.75) is 45.1 Å². The van der Waals surface area contributed by atoms with Crippen molar-refractivity contribution >= 4 is 23.1 Å². The van der Waals surface area contributed by atoms with Crippen LogP contribution in [0.25, 0.3) is 0 Å². The highest BCUT2D eigenvalue weighted by atomic mass is 32.1. The lowest BCUT2D eigenvalue weighted by molar-refractivity contribution is -0.128. The zero-order valence-electron chi connectivity index (χ0n) is 10.6. The summed E-state index contributed by atoms with van der Waals surface area (Å²) in [5.74, 6) is -0.0219. The third-order valence-corrected chi connectivity index (χ3v) is 3.95. The van der Waals surface area contributed by atoms with E-state index in [1.807, 2.05) is 6.92 Å². The Morgan fingerprint density at radius 1 is 1.53 bits per heavy atom. The van der Waals surface area contributed by atoms with E-state index in [0.717, 1.165) is 32.1 Å².